The minimum Gasteiger partial charge on any atom is -0.480 e. The summed E-state index contributed by atoms with van der Waals surface area (Å²) in [5.41, 5.74) is 0.370. The lowest BCUT2D eigenvalue weighted by atomic mass is 10.0. The molecule has 2 amide bonds. The average Bonchev–Trinajstić information content (AvgIpc) is 3.38. The second kappa shape index (κ2) is 10.2. The fourth-order valence-corrected chi connectivity index (χ4v) is 5.40. The van der Waals surface area contributed by atoms with Crippen molar-refractivity contribution in [2.75, 3.05) is 43.0 Å². The highest BCUT2D eigenvalue weighted by molar-refractivity contribution is 5.95. The molecule has 0 aliphatic carbocycles. The van der Waals surface area contributed by atoms with Gasteiger partial charge in [0.1, 0.15) is 23.3 Å². The predicted molar refractivity (Wildman–Crippen MR) is 146 cm³/mol. The molecule has 13 heteroatoms. The number of pyridine rings is 4. The van der Waals surface area contributed by atoms with Crippen LogP contribution in [0.5, 0.6) is 17.4 Å². The fourth-order valence-electron chi connectivity index (χ4n) is 5.40. The van der Waals surface area contributed by atoms with E-state index in [1.54, 1.807) is 53.4 Å². The number of fused-ring (bicyclic) bond motifs is 3. The predicted octanol–water partition coefficient (Wildman–Crippen LogP) is 2.27. The van der Waals surface area contributed by atoms with Gasteiger partial charge in [-0.15, -0.1) is 0 Å². The molecular formula is C28H25N7O6. The summed E-state index contributed by atoms with van der Waals surface area (Å²) >= 11 is 0. The second-order valence-electron chi connectivity index (χ2n) is 10.1. The van der Waals surface area contributed by atoms with E-state index in [0.717, 1.165) is 5.39 Å². The van der Waals surface area contributed by atoms with Crippen LogP contribution >= 0.6 is 0 Å². The summed E-state index contributed by atoms with van der Waals surface area (Å²) in [5.74, 6) is 1.80. The number of hydrogen-bond donors (Lipinski definition) is 1. The first-order chi connectivity index (χ1) is 20.0. The van der Waals surface area contributed by atoms with Crippen LogP contribution in [0.4, 0.5) is 16.4 Å². The topological polar surface area (TPSA) is 141 Å². The normalized spacial score (nSPS) is 20.1. The van der Waals surface area contributed by atoms with Gasteiger partial charge in [-0.2, -0.15) is 4.98 Å². The summed E-state index contributed by atoms with van der Waals surface area (Å²) in [6, 6.07) is 13.8. The summed E-state index contributed by atoms with van der Waals surface area (Å²) in [6.45, 7) is 2.57. The van der Waals surface area contributed by atoms with Crippen molar-refractivity contribution in [3.8, 4) is 17.4 Å². The molecule has 7 heterocycles. The molecule has 2 atom stereocenters. The Morgan fingerprint density at radius 2 is 1.88 bits per heavy atom. The van der Waals surface area contributed by atoms with Gasteiger partial charge in [-0.05, 0) is 36.4 Å². The number of carbonyl (C=O) groups excluding carboxylic acids is 2. The molecular weight excluding hydrogens is 530 g/mol. The summed E-state index contributed by atoms with van der Waals surface area (Å²) in [6.07, 6.45) is 2.51. The molecule has 0 bridgehead atoms. The maximum Gasteiger partial charge on any atom is 0.415 e. The molecule has 41 heavy (non-hydrogen) atoms. The highest BCUT2D eigenvalue weighted by Gasteiger charge is 2.43. The van der Waals surface area contributed by atoms with Gasteiger partial charge in [0.25, 0.3) is 11.5 Å². The molecule has 7 rings (SSSR count). The number of nitrogens with one attached hydrogen (secondary N) is 1. The zero-order valence-electron chi connectivity index (χ0n) is 21.8. The van der Waals surface area contributed by atoms with Crippen LogP contribution < -0.4 is 25.2 Å². The first kappa shape index (κ1) is 25.0. The van der Waals surface area contributed by atoms with Crippen LogP contribution in [0.1, 0.15) is 0 Å². The van der Waals surface area contributed by atoms with Gasteiger partial charge in [-0.3, -0.25) is 28.9 Å². The maximum atomic E-state index is 12.9. The van der Waals surface area contributed by atoms with Crippen LogP contribution in [-0.4, -0.2) is 75.3 Å². The first-order valence-electron chi connectivity index (χ1n) is 13.2. The Labute approximate surface area is 233 Å². The number of amides is 2. The minimum atomic E-state index is -0.487. The lowest BCUT2D eigenvalue weighted by Crippen LogP contribution is -2.48. The number of aromatic nitrogens is 4. The van der Waals surface area contributed by atoms with E-state index in [0.29, 0.717) is 61.6 Å². The van der Waals surface area contributed by atoms with E-state index >= 15 is 0 Å². The molecule has 0 spiro atoms. The van der Waals surface area contributed by atoms with Gasteiger partial charge in [0.2, 0.25) is 5.88 Å². The summed E-state index contributed by atoms with van der Waals surface area (Å²) in [4.78, 5) is 54.2. The Hall–Kier alpha value is -5.04. The zero-order valence-corrected chi connectivity index (χ0v) is 21.8. The third-order valence-electron chi connectivity index (χ3n) is 7.39. The summed E-state index contributed by atoms with van der Waals surface area (Å²) in [5, 5.41) is 3.49. The number of carbonyl (C=O) groups is 2. The molecule has 208 valence electrons. The van der Waals surface area contributed by atoms with Crippen LogP contribution in [0.25, 0.3) is 11.0 Å². The third kappa shape index (κ3) is 4.91. The van der Waals surface area contributed by atoms with E-state index in [1.807, 2.05) is 6.07 Å². The maximum absolute atomic E-state index is 12.9. The van der Waals surface area contributed by atoms with Crippen molar-refractivity contribution < 1.29 is 23.8 Å². The molecule has 3 aliphatic heterocycles. The molecule has 2 saturated heterocycles. The second-order valence-corrected chi connectivity index (χ2v) is 10.1. The van der Waals surface area contributed by atoms with E-state index in [1.165, 1.54) is 11.0 Å². The van der Waals surface area contributed by atoms with Crippen LogP contribution in [0.2, 0.25) is 0 Å². The number of ether oxygens (including phenoxy) is 3. The van der Waals surface area contributed by atoms with Gasteiger partial charge in [0.15, 0.2) is 18.2 Å². The average molecular weight is 556 g/mol. The number of rotatable bonds is 6. The van der Waals surface area contributed by atoms with Crippen LogP contribution in [0, 0.1) is 5.92 Å². The Balaban J connectivity index is 1.05. The number of likely N-dealkylation sites (tertiary alicyclic amines) is 1. The van der Waals surface area contributed by atoms with Gasteiger partial charge < -0.3 is 19.5 Å². The van der Waals surface area contributed by atoms with Crippen molar-refractivity contribution in [1.82, 2.24) is 24.4 Å². The number of hydrogen-bond acceptors (Lipinski definition) is 10. The summed E-state index contributed by atoms with van der Waals surface area (Å²) < 4.78 is 18.6. The van der Waals surface area contributed by atoms with Crippen molar-refractivity contribution >= 4 is 34.7 Å². The van der Waals surface area contributed by atoms with Crippen LogP contribution in [0.3, 0.4) is 0 Å². The first-order valence-corrected chi connectivity index (χ1v) is 13.2. The monoisotopic (exact) mass is 555 g/mol. The van der Waals surface area contributed by atoms with Crippen LogP contribution in [-0.2, 0) is 16.1 Å². The van der Waals surface area contributed by atoms with Crippen molar-refractivity contribution in [3.05, 3.63) is 71.3 Å². The standard InChI is InChI=1S/C28H25N7O6/c36-23-16-39-20-5-6-22(30-26(20)31-23)35-14-18-13-33(15-21(18)41-28(35)38)10-11-34-25(37)8-4-17-3-7-24(32-27(17)34)40-19-2-1-9-29-12-19/h1-9,12,18,21H,10-11,13-16H2,(H,30,31,36)/t18-,21-/m0/s1. The molecule has 4 aromatic heterocycles. The van der Waals surface area contributed by atoms with E-state index < -0.39 is 6.09 Å². The molecule has 4 aromatic rings. The lowest BCUT2D eigenvalue weighted by molar-refractivity contribution is -0.118. The van der Waals surface area contributed by atoms with Gasteiger partial charge in [-0.1, -0.05) is 0 Å². The molecule has 3 aliphatic rings. The highest BCUT2D eigenvalue weighted by atomic mass is 16.6. The molecule has 0 radical (unpaired) electrons. The van der Waals surface area contributed by atoms with E-state index in [4.69, 9.17) is 14.2 Å². The Bertz CT molecular complexity index is 1710. The van der Waals surface area contributed by atoms with Crippen molar-refractivity contribution in [2.45, 2.75) is 12.6 Å². The van der Waals surface area contributed by atoms with E-state index in [-0.39, 0.29) is 35.9 Å². The van der Waals surface area contributed by atoms with Crippen LogP contribution in [0.15, 0.2) is 65.7 Å². The van der Waals surface area contributed by atoms with Gasteiger partial charge in [0.05, 0.1) is 6.20 Å². The van der Waals surface area contributed by atoms with Crippen molar-refractivity contribution in [3.63, 3.8) is 0 Å². The zero-order chi connectivity index (χ0) is 27.9. The SMILES string of the molecule is O=C1COc2ccc(N3C[C@@H]4CN(CCn5c(=O)ccc6ccc(Oc7cccnc7)nc65)C[C@@H]4OC3=O)nc2N1. The number of nitrogens with zero attached hydrogens (tertiary/aromatic N) is 6. The lowest BCUT2D eigenvalue weighted by Gasteiger charge is -2.33. The van der Waals surface area contributed by atoms with Crippen molar-refractivity contribution in [1.29, 1.82) is 0 Å². The largest absolute Gasteiger partial charge is 0.480 e. The highest BCUT2D eigenvalue weighted by Crippen LogP contribution is 2.33. The van der Waals surface area contributed by atoms with E-state index in [2.05, 4.69) is 25.2 Å². The quantitative estimate of drug-likeness (QED) is 0.377. The third-order valence-corrected chi connectivity index (χ3v) is 7.39. The van der Waals surface area contributed by atoms with Gasteiger partial charge in [0, 0.05) is 62.4 Å². The van der Waals surface area contributed by atoms with Gasteiger partial charge >= 0.3 is 6.09 Å². The minimum absolute atomic E-state index is 0.0539. The Morgan fingerprint density at radius 3 is 2.76 bits per heavy atom. The molecule has 2 fully saturated rings. The smallest absolute Gasteiger partial charge is 0.415 e. The number of anilines is 2. The Kier molecular flexibility index (Phi) is 6.19. The molecule has 0 saturated carbocycles. The Morgan fingerprint density at radius 1 is 0.976 bits per heavy atom. The van der Waals surface area contributed by atoms with Crippen molar-refractivity contribution in [2.24, 2.45) is 5.92 Å². The van der Waals surface area contributed by atoms with Gasteiger partial charge in [-0.25, -0.2) is 9.78 Å². The summed E-state index contributed by atoms with van der Waals surface area (Å²) in [7, 11) is 0. The molecule has 1 N–H and O–H groups in total. The fraction of sp³-hybridized carbons (Fsp3) is 0.286. The van der Waals surface area contributed by atoms with E-state index in [9.17, 15) is 14.4 Å². The molecule has 13 nitrogen and oxygen atoms in total. The molecule has 0 unspecified atom stereocenters. The molecule has 0 aromatic carbocycles.